The van der Waals surface area contributed by atoms with Gasteiger partial charge in [0.15, 0.2) is 0 Å². The third kappa shape index (κ3) is 5.43. The summed E-state index contributed by atoms with van der Waals surface area (Å²) < 4.78 is 45.6. The number of carbonyl (C=O) groups excluding carboxylic acids is 2. The molecule has 8 nitrogen and oxygen atoms in total. The van der Waals surface area contributed by atoms with Gasteiger partial charge in [-0.2, -0.15) is 0 Å². The molecule has 2 rings (SSSR count). The van der Waals surface area contributed by atoms with Gasteiger partial charge in [0, 0.05) is 12.6 Å². The lowest BCUT2D eigenvalue weighted by Crippen LogP contribution is -2.40. The van der Waals surface area contributed by atoms with Crippen molar-refractivity contribution in [3.05, 3.63) is 48.3 Å². The molecule has 10 heteroatoms. The number of rotatable bonds is 7. The van der Waals surface area contributed by atoms with Crippen molar-refractivity contribution in [1.29, 1.82) is 0 Å². The number of carbonyl (C=O) groups is 2. The van der Waals surface area contributed by atoms with Crippen molar-refractivity contribution >= 4 is 33.2 Å². The molecule has 150 valence electrons. The summed E-state index contributed by atoms with van der Waals surface area (Å²) in [6, 6.07) is 7.92. The summed E-state index contributed by atoms with van der Waals surface area (Å²) in [5.41, 5.74) is 0.372. The quantitative estimate of drug-likeness (QED) is 0.648. The Morgan fingerprint density at radius 1 is 1.11 bits per heavy atom. The summed E-state index contributed by atoms with van der Waals surface area (Å²) in [4.78, 5) is 23.0. The first-order chi connectivity index (χ1) is 13.1. The van der Waals surface area contributed by atoms with Gasteiger partial charge in [-0.15, -0.1) is 0 Å². The molecular formula is C18H20FN3O5S. The van der Waals surface area contributed by atoms with Gasteiger partial charge in [-0.05, 0) is 49.4 Å². The summed E-state index contributed by atoms with van der Waals surface area (Å²) in [6.45, 7) is 2.80. The highest BCUT2D eigenvalue weighted by Crippen LogP contribution is 2.30. The van der Waals surface area contributed by atoms with E-state index in [1.807, 2.05) is 0 Å². The SMILES string of the molecule is COc1ccc(NC(=O)[C@@H](C)NC(C)=O)cc1NS(=O)(=O)c1ccc(F)cc1. The molecule has 2 aromatic rings. The minimum Gasteiger partial charge on any atom is -0.495 e. The molecule has 2 amide bonds. The van der Waals surface area contributed by atoms with E-state index in [1.54, 1.807) is 0 Å². The Bertz CT molecular complexity index is 977. The maximum absolute atomic E-state index is 13.0. The Labute approximate surface area is 162 Å². The van der Waals surface area contributed by atoms with Gasteiger partial charge in [0.1, 0.15) is 17.6 Å². The van der Waals surface area contributed by atoms with Gasteiger partial charge in [0.2, 0.25) is 11.8 Å². The summed E-state index contributed by atoms with van der Waals surface area (Å²) >= 11 is 0. The molecule has 0 fully saturated rings. The van der Waals surface area contributed by atoms with Crippen LogP contribution in [0.25, 0.3) is 0 Å². The number of hydrogen-bond donors (Lipinski definition) is 3. The van der Waals surface area contributed by atoms with E-state index < -0.39 is 27.8 Å². The minimum absolute atomic E-state index is 0.0804. The lowest BCUT2D eigenvalue weighted by molar-refractivity contribution is -0.124. The zero-order valence-electron chi connectivity index (χ0n) is 15.4. The number of ether oxygens (including phenoxy) is 1. The first-order valence-corrected chi connectivity index (χ1v) is 9.65. The van der Waals surface area contributed by atoms with Crippen LogP contribution < -0.4 is 20.1 Å². The second-order valence-electron chi connectivity index (χ2n) is 5.89. The molecule has 0 aromatic heterocycles. The van der Waals surface area contributed by atoms with Gasteiger partial charge in [-0.25, -0.2) is 12.8 Å². The van der Waals surface area contributed by atoms with E-state index in [1.165, 1.54) is 39.2 Å². The molecule has 0 aliphatic rings. The van der Waals surface area contributed by atoms with Crippen LogP contribution in [0.5, 0.6) is 5.75 Å². The monoisotopic (exact) mass is 409 g/mol. The van der Waals surface area contributed by atoms with Gasteiger partial charge >= 0.3 is 0 Å². The van der Waals surface area contributed by atoms with Crippen LogP contribution in [0.15, 0.2) is 47.4 Å². The van der Waals surface area contributed by atoms with Crippen LogP contribution in [-0.2, 0) is 19.6 Å². The molecule has 0 unspecified atom stereocenters. The lowest BCUT2D eigenvalue weighted by Gasteiger charge is -2.16. The number of amides is 2. The fraction of sp³-hybridized carbons (Fsp3) is 0.222. The lowest BCUT2D eigenvalue weighted by atomic mass is 10.2. The highest BCUT2D eigenvalue weighted by atomic mass is 32.2. The highest BCUT2D eigenvalue weighted by molar-refractivity contribution is 7.92. The maximum Gasteiger partial charge on any atom is 0.262 e. The molecule has 28 heavy (non-hydrogen) atoms. The number of anilines is 2. The van der Waals surface area contributed by atoms with Crippen molar-refractivity contribution in [3.8, 4) is 5.75 Å². The maximum atomic E-state index is 13.0. The predicted molar refractivity (Wildman–Crippen MR) is 102 cm³/mol. The Balaban J connectivity index is 2.26. The van der Waals surface area contributed by atoms with E-state index in [0.717, 1.165) is 24.3 Å². The van der Waals surface area contributed by atoms with Crippen LogP contribution in [0.2, 0.25) is 0 Å². The standard InChI is InChI=1S/C18H20FN3O5S/c1-11(20-12(2)23)18(24)21-14-6-9-17(27-3)16(10-14)22-28(25,26)15-7-4-13(19)5-8-15/h4-11,22H,1-3H3,(H,20,23)(H,21,24)/t11-/m1/s1. The molecule has 0 radical (unpaired) electrons. The van der Waals surface area contributed by atoms with Crippen LogP contribution in [0, 0.1) is 5.82 Å². The third-order valence-electron chi connectivity index (χ3n) is 3.65. The average Bonchev–Trinajstić information content (AvgIpc) is 2.61. The van der Waals surface area contributed by atoms with E-state index >= 15 is 0 Å². The molecule has 1 atom stereocenters. The van der Waals surface area contributed by atoms with Gasteiger partial charge < -0.3 is 15.4 Å². The molecule has 0 bridgehead atoms. The molecule has 0 heterocycles. The molecule has 0 saturated heterocycles. The van der Waals surface area contributed by atoms with Gasteiger partial charge in [0.05, 0.1) is 17.7 Å². The molecule has 3 N–H and O–H groups in total. The summed E-state index contributed by atoms with van der Waals surface area (Å²) in [7, 11) is -2.64. The van der Waals surface area contributed by atoms with Crippen molar-refractivity contribution in [2.75, 3.05) is 17.1 Å². The highest BCUT2D eigenvalue weighted by Gasteiger charge is 2.19. The van der Waals surface area contributed by atoms with Crippen molar-refractivity contribution < 1.29 is 27.1 Å². The minimum atomic E-state index is -4.01. The molecule has 0 aliphatic carbocycles. The van der Waals surface area contributed by atoms with Crippen LogP contribution in [-0.4, -0.2) is 33.4 Å². The second kappa shape index (κ2) is 8.70. The Hall–Kier alpha value is -3.14. The molecule has 0 saturated carbocycles. The number of hydrogen-bond acceptors (Lipinski definition) is 5. The number of methoxy groups -OCH3 is 1. The van der Waals surface area contributed by atoms with Crippen LogP contribution in [0.1, 0.15) is 13.8 Å². The Morgan fingerprint density at radius 3 is 2.32 bits per heavy atom. The summed E-state index contributed by atoms with van der Waals surface area (Å²) in [5, 5.41) is 5.02. The fourth-order valence-corrected chi connectivity index (χ4v) is 3.37. The average molecular weight is 409 g/mol. The van der Waals surface area contributed by atoms with Gasteiger partial charge in [0.25, 0.3) is 10.0 Å². The van der Waals surface area contributed by atoms with E-state index in [9.17, 15) is 22.4 Å². The zero-order valence-corrected chi connectivity index (χ0v) is 16.3. The number of halogens is 1. The second-order valence-corrected chi connectivity index (χ2v) is 7.57. The number of benzene rings is 2. The Kier molecular flexibility index (Phi) is 6.57. The molecular weight excluding hydrogens is 389 g/mol. The van der Waals surface area contributed by atoms with Crippen molar-refractivity contribution in [3.63, 3.8) is 0 Å². The Morgan fingerprint density at radius 2 is 1.75 bits per heavy atom. The van der Waals surface area contributed by atoms with E-state index in [-0.39, 0.29) is 22.2 Å². The summed E-state index contributed by atoms with van der Waals surface area (Å²) in [5.74, 6) is -1.18. The van der Waals surface area contributed by atoms with Crippen molar-refractivity contribution in [1.82, 2.24) is 5.32 Å². The fourth-order valence-electron chi connectivity index (χ4n) is 2.30. The topological polar surface area (TPSA) is 114 Å². The van der Waals surface area contributed by atoms with E-state index in [4.69, 9.17) is 4.74 Å². The smallest absolute Gasteiger partial charge is 0.262 e. The van der Waals surface area contributed by atoms with Crippen LogP contribution in [0.3, 0.4) is 0 Å². The van der Waals surface area contributed by atoms with Crippen molar-refractivity contribution in [2.24, 2.45) is 0 Å². The normalized spacial score (nSPS) is 12.0. The first-order valence-electron chi connectivity index (χ1n) is 8.17. The predicted octanol–water partition coefficient (Wildman–Crippen LogP) is 2.10. The third-order valence-corrected chi connectivity index (χ3v) is 5.03. The van der Waals surface area contributed by atoms with Gasteiger partial charge in [-0.3, -0.25) is 14.3 Å². The molecule has 0 aliphatic heterocycles. The largest absolute Gasteiger partial charge is 0.495 e. The number of nitrogens with one attached hydrogen (secondary N) is 3. The first kappa shape index (κ1) is 21.2. The summed E-state index contributed by atoms with van der Waals surface area (Å²) in [6.07, 6.45) is 0. The van der Waals surface area contributed by atoms with Crippen LogP contribution >= 0.6 is 0 Å². The zero-order chi connectivity index (χ0) is 20.9. The molecule has 2 aromatic carbocycles. The van der Waals surface area contributed by atoms with Crippen molar-refractivity contribution in [2.45, 2.75) is 24.8 Å². The van der Waals surface area contributed by atoms with Gasteiger partial charge in [-0.1, -0.05) is 0 Å². The van der Waals surface area contributed by atoms with Crippen LogP contribution in [0.4, 0.5) is 15.8 Å². The van der Waals surface area contributed by atoms with E-state index in [2.05, 4.69) is 15.4 Å². The number of sulfonamides is 1. The van der Waals surface area contributed by atoms with E-state index in [0.29, 0.717) is 5.69 Å². The molecule has 0 spiro atoms.